The summed E-state index contributed by atoms with van der Waals surface area (Å²) in [7, 11) is -3.99. The molecule has 0 unspecified atom stereocenters. The maximum absolute atomic E-state index is 13.5. The third kappa shape index (κ3) is 5.46. The van der Waals surface area contributed by atoms with Crippen molar-refractivity contribution in [3.05, 3.63) is 83.4 Å². The average Bonchev–Trinajstić information content (AvgIpc) is 2.86. The van der Waals surface area contributed by atoms with Crippen LogP contribution in [0.2, 0.25) is 0 Å². The number of carbonyl (C=O) groups is 1. The monoisotopic (exact) mass is 493 g/mol. The van der Waals surface area contributed by atoms with Gasteiger partial charge in [0, 0.05) is 5.56 Å². The number of aryl methyl sites for hydroxylation is 2. The van der Waals surface area contributed by atoms with Crippen molar-refractivity contribution in [3.8, 4) is 11.5 Å². The maximum Gasteiger partial charge on any atom is 0.264 e. The number of amides is 1. The largest absolute Gasteiger partial charge is 0.486 e. The van der Waals surface area contributed by atoms with Crippen molar-refractivity contribution in [2.24, 2.45) is 5.10 Å². The molecule has 0 aliphatic carbocycles. The molecule has 1 amide bonds. The van der Waals surface area contributed by atoms with Crippen LogP contribution in [0, 0.1) is 13.8 Å². The van der Waals surface area contributed by atoms with E-state index in [1.165, 1.54) is 12.1 Å². The van der Waals surface area contributed by atoms with E-state index >= 15 is 0 Å². The van der Waals surface area contributed by atoms with Crippen LogP contribution in [0.25, 0.3) is 0 Å². The molecule has 0 radical (unpaired) electrons. The Morgan fingerprint density at radius 1 is 0.971 bits per heavy atom. The van der Waals surface area contributed by atoms with E-state index in [9.17, 15) is 13.2 Å². The molecule has 35 heavy (non-hydrogen) atoms. The number of hydrazone groups is 1. The Kier molecular flexibility index (Phi) is 7.07. The molecule has 0 atom stereocenters. The van der Waals surface area contributed by atoms with Crippen molar-refractivity contribution >= 4 is 27.3 Å². The SMILES string of the molecule is C/C(=N/NC(=O)CN(c1ccc(C)cc1C)S(=O)(=O)c1ccccc1)c1ccc2c(c1)OCCO2. The molecule has 0 spiro atoms. The van der Waals surface area contributed by atoms with Crippen LogP contribution in [-0.4, -0.2) is 39.8 Å². The third-order valence-electron chi connectivity index (χ3n) is 5.55. The van der Waals surface area contributed by atoms with E-state index in [1.807, 2.05) is 32.0 Å². The summed E-state index contributed by atoms with van der Waals surface area (Å²) >= 11 is 0. The molecule has 3 aromatic rings. The topological polar surface area (TPSA) is 97.3 Å². The van der Waals surface area contributed by atoms with Crippen LogP contribution in [0.5, 0.6) is 11.5 Å². The summed E-state index contributed by atoms with van der Waals surface area (Å²) in [5.74, 6) is 0.707. The zero-order chi connectivity index (χ0) is 25.0. The molecule has 0 aromatic heterocycles. The first kappa shape index (κ1) is 24.3. The second kappa shape index (κ2) is 10.2. The lowest BCUT2D eigenvalue weighted by Crippen LogP contribution is -2.40. The fraction of sp³-hybridized carbons (Fsp3) is 0.231. The van der Waals surface area contributed by atoms with Gasteiger partial charge in [-0.15, -0.1) is 0 Å². The Labute approximate surface area is 205 Å². The van der Waals surface area contributed by atoms with Gasteiger partial charge in [-0.25, -0.2) is 13.8 Å². The molecule has 1 aliphatic rings. The number of nitrogens with zero attached hydrogens (tertiary/aromatic N) is 2. The fourth-order valence-electron chi connectivity index (χ4n) is 3.75. The number of ether oxygens (including phenoxy) is 2. The standard InChI is InChI=1S/C26H27N3O5S/c1-18-9-11-23(19(2)15-18)29(35(31,32)22-7-5-4-6-8-22)17-26(30)28-27-20(3)21-10-12-24-25(16-21)34-14-13-33-24/h4-12,15-16H,13-14,17H2,1-3H3,(H,28,30)/b27-20-. The molecule has 1 aliphatic heterocycles. The minimum Gasteiger partial charge on any atom is -0.486 e. The highest BCUT2D eigenvalue weighted by molar-refractivity contribution is 7.92. The molecule has 182 valence electrons. The van der Waals surface area contributed by atoms with Gasteiger partial charge in [0.2, 0.25) is 0 Å². The highest BCUT2D eigenvalue weighted by Crippen LogP contribution is 2.31. The van der Waals surface area contributed by atoms with Gasteiger partial charge in [0.25, 0.3) is 15.9 Å². The lowest BCUT2D eigenvalue weighted by atomic mass is 10.1. The van der Waals surface area contributed by atoms with Crippen LogP contribution in [0.1, 0.15) is 23.6 Å². The normalized spacial score (nSPS) is 13.3. The molecule has 8 nitrogen and oxygen atoms in total. The zero-order valence-corrected chi connectivity index (χ0v) is 20.6. The Hall–Kier alpha value is -3.85. The van der Waals surface area contributed by atoms with Crippen molar-refractivity contribution in [1.82, 2.24) is 5.43 Å². The number of hydrogen-bond acceptors (Lipinski definition) is 6. The van der Waals surface area contributed by atoms with Gasteiger partial charge < -0.3 is 9.47 Å². The Morgan fingerprint density at radius 3 is 2.40 bits per heavy atom. The summed E-state index contributed by atoms with van der Waals surface area (Å²) in [5.41, 5.74) is 5.94. The molecule has 0 bridgehead atoms. The molecule has 0 saturated heterocycles. The van der Waals surface area contributed by atoms with Crippen LogP contribution in [0.4, 0.5) is 5.69 Å². The Bertz CT molecular complexity index is 1370. The van der Waals surface area contributed by atoms with E-state index in [-0.39, 0.29) is 4.90 Å². The summed E-state index contributed by atoms with van der Waals surface area (Å²) in [5, 5.41) is 4.18. The number of anilines is 1. The quantitative estimate of drug-likeness (QED) is 0.399. The lowest BCUT2D eigenvalue weighted by Gasteiger charge is -2.25. The highest BCUT2D eigenvalue weighted by Gasteiger charge is 2.28. The second-order valence-corrected chi connectivity index (χ2v) is 10.1. The number of rotatable bonds is 7. The summed E-state index contributed by atoms with van der Waals surface area (Å²) in [6, 6.07) is 18.9. The second-order valence-electron chi connectivity index (χ2n) is 8.21. The van der Waals surface area contributed by atoms with Gasteiger partial charge in [-0.1, -0.05) is 35.9 Å². The number of nitrogens with one attached hydrogen (secondary N) is 1. The summed E-state index contributed by atoms with van der Waals surface area (Å²) < 4.78 is 39.2. The molecular formula is C26H27N3O5S. The minimum absolute atomic E-state index is 0.101. The highest BCUT2D eigenvalue weighted by atomic mass is 32.2. The predicted molar refractivity (Wildman–Crippen MR) is 135 cm³/mol. The van der Waals surface area contributed by atoms with Gasteiger partial charge in [-0.3, -0.25) is 9.10 Å². The van der Waals surface area contributed by atoms with Gasteiger partial charge in [-0.2, -0.15) is 5.10 Å². The van der Waals surface area contributed by atoms with Crippen molar-refractivity contribution in [1.29, 1.82) is 0 Å². The Morgan fingerprint density at radius 2 is 1.69 bits per heavy atom. The van der Waals surface area contributed by atoms with E-state index in [4.69, 9.17) is 9.47 Å². The molecule has 3 aromatic carbocycles. The van der Waals surface area contributed by atoms with Crippen LogP contribution in [0.3, 0.4) is 0 Å². The summed E-state index contributed by atoms with van der Waals surface area (Å²) in [6.45, 7) is 6.02. The molecule has 9 heteroatoms. The number of benzene rings is 3. The first-order valence-corrected chi connectivity index (χ1v) is 12.6. The van der Waals surface area contributed by atoms with Crippen LogP contribution in [0.15, 0.2) is 76.7 Å². The van der Waals surface area contributed by atoms with Crippen molar-refractivity contribution in [3.63, 3.8) is 0 Å². The minimum atomic E-state index is -3.99. The fourth-order valence-corrected chi connectivity index (χ4v) is 5.26. The van der Waals surface area contributed by atoms with Crippen LogP contribution >= 0.6 is 0 Å². The Balaban J connectivity index is 1.58. The van der Waals surface area contributed by atoms with Gasteiger partial charge >= 0.3 is 0 Å². The average molecular weight is 494 g/mol. The van der Waals surface area contributed by atoms with E-state index in [1.54, 1.807) is 43.3 Å². The van der Waals surface area contributed by atoms with Gasteiger partial charge in [0.15, 0.2) is 11.5 Å². The van der Waals surface area contributed by atoms with Gasteiger partial charge in [0.1, 0.15) is 19.8 Å². The maximum atomic E-state index is 13.5. The smallest absolute Gasteiger partial charge is 0.264 e. The summed E-state index contributed by atoms with van der Waals surface area (Å²) in [4.78, 5) is 13.0. The van der Waals surface area contributed by atoms with Crippen molar-refractivity contribution in [2.75, 3.05) is 24.1 Å². The molecule has 0 saturated carbocycles. The van der Waals surface area contributed by atoms with E-state index in [0.717, 1.165) is 21.0 Å². The third-order valence-corrected chi connectivity index (χ3v) is 7.32. The van der Waals surface area contributed by atoms with Crippen LogP contribution < -0.4 is 19.2 Å². The van der Waals surface area contributed by atoms with Gasteiger partial charge in [-0.05, 0) is 62.7 Å². The predicted octanol–water partition coefficient (Wildman–Crippen LogP) is 3.81. The zero-order valence-electron chi connectivity index (χ0n) is 19.8. The van der Waals surface area contributed by atoms with E-state index in [2.05, 4.69) is 10.5 Å². The molecular weight excluding hydrogens is 466 g/mol. The van der Waals surface area contributed by atoms with Crippen molar-refractivity contribution < 1.29 is 22.7 Å². The molecule has 1 N–H and O–H groups in total. The molecule has 1 heterocycles. The number of sulfonamides is 1. The van der Waals surface area contributed by atoms with Crippen LogP contribution in [-0.2, 0) is 14.8 Å². The number of fused-ring (bicyclic) bond motifs is 1. The number of hydrogen-bond donors (Lipinski definition) is 1. The van der Waals surface area contributed by atoms with Gasteiger partial charge in [0.05, 0.1) is 16.3 Å². The molecule has 4 rings (SSSR count). The lowest BCUT2D eigenvalue weighted by molar-refractivity contribution is -0.119. The first-order chi connectivity index (χ1) is 16.8. The van der Waals surface area contributed by atoms with E-state index < -0.39 is 22.5 Å². The van der Waals surface area contributed by atoms with E-state index in [0.29, 0.717) is 36.1 Å². The number of carbonyl (C=O) groups excluding carboxylic acids is 1. The molecule has 0 fully saturated rings. The van der Waals surface area contributed by atoms with Crippen molar-refractivity contribution in [2.45, 2.75) is 25.7 Å². The first-order valence-electron chi connectivity index (χ1n) is 11.1. The summed E-state index contributed by atoms with van der Waals surface area (Å²) in [6.07, 6.45) is 0.